The molecule has 3 aromatic rings. The number of nitrogens with zero attached hydrogens (tertiary/aromatic N) is 3. The average molecular weight is 364 g/mol. The monoisotopic (exact) mass is 364 g/mol. The Morgan fingerprint density at radius 2 is 1.85 bits per heavy atom. The molecule has 0 saturated carbocycles. The Hall–Kier alpha value is -2.99. The van der Waals surface area contributed by atoms with E-state index in [1.807, 2.05) is 38.1 Å². The van der Waals surface area contributed by atoms with Gasteiger partial charge < -0.3 is 10.4 Å². The van der Waals surface area contributed by atoms with Crippen molar-refractivity contribution in [1.29, 1.82) is 0 Å². The van der Waals surface area contributed by atoms with E-state index < -0.39 is 0 Å². The summed E-state index contributed by atoms with van der Waals surface area (Å²) in [6.07, 6.45) is 1.70. The predicted molar refractivity (Wildman–Crippen MR) is 105 cm³/mol. The zero-order valence-corrected chi connectivity index (χ0v) is 16.1. The van der Waals surface area contributed by atoms with Crippen molar-refractivity contribution in [3.63, 3.8) is 0 Å². The number of hydrogen-bond acceptors (Lipinski definition) is 5. The maximum Gasteiger partial charge on any atom is 0.160 e. The second kappa shape index (κ2) is 7.72. The van der Waals surface area contributed by atoms with Crippen molar-refractivity contribution in [2.45, 2.75) is 40.8 Å². The van der Waals surface area contributed by atoms with Gasteiger partial charge in [-0.2, -0.15) is 0 Å². The van der Waals surface area contributed by atoms with E-state index in [4.69, 9.17) is 5.11 Å². The van der Waals surface area contributed by atoms with Crippen LogP contribution in [0.25, 0.3) is 5.69 Å². The van der Waals surface area contributed by atoms with Crippen LogP contribution < -0.4 is 5.32 Å². The number of carbonyl (C=O) groups is 1. The number of hydrogen-bond donors (Lipinski definition) is 2. The van der Waals surface area contributed by atoms with Gasteiger partial charge in [-0.1, -0.05) is 11.3 Å². The number of aliphatic hydroxyl groups excluding tert-OH is 1. The first-order chi connectivity index (χ1) is 12.9. The van der Waals surface area contributed by atoms with E-state index in [0.717, 1.165) is 33.6 Å². The molecule has 2 N–H and O–H groups in total. The highest BCUT2D eigenvalue weighted by Gasteiger charge is 2.14. The molecule has 6 heteroatoms. The maximum absolute atomic E-state index is 12.0. The first kappa shape index (κ1) is 18.8. The number of carbonyl (C=O) groups excluding carboxylic acids is 1. The number of aryl methyl sites for hydroxylation is 2. The molecule has 6 nitrogen and oxygen atoms in total. The minimum absolute atomic E-state index is 0.102. The summed E-state index contributed by atoms with van der Waals surface area (Å²) in [6, 6.07) is 9.90. The van der Waals surface area contributed by atoms with Crippen molar-refractivity contribution in [3.8, 4) is 5.69 Å². The first-order valence-corrected chi connectivity index (χ1v) is 8.87. The molecule has 0 spiro atoms. The number of nitrogens with one attached hydrogen (secondary N) is 1. The molecular formula is C21H24N4O2. The lowest BCUT2D eigenvalue weighted by Gasteiger charge is -2.17. The second-order valence-electron chi connectivity index (χ2n) is 6.76. The van der Waals surface area contributed by atoms with E-state index in [0.29, 0.717) is 12.2 Å². The highest BCUT2D eigenvalue weighted by molar-refractivity contribution is 5.97. The van der Waals surface area contributed by atoms with Crippen molar-refractivity contribution in [3.05, 3.63) is 70.0 Å². The van der Waals surface area contributed by atoms with Crippen molar-refractivity contribution in [2.24, 2.45) is 0 Å². The second-order valence-corrected chi connectivity index (χ2v) is 6.76. The molecule has 0 fully saturated rings. The van der Waals surface area contributed by atoms with Gasteiger partial charge in [-0.05, 0) is 74.2 Å². The third-order valence-corrected chi connectivity index (χ3v) is 4.79. The molecule has 2 aromatic carbocycles. The Labute approximate surface area is 158 Å². The normalized spacial score (nSPS) is 10.9. The molecule has 0 atom stereocenters. The van der Waals surface area contributed by atoms with E-state index in [2.05, 4.69) is 28.6 Å². The molecule has 3 rings (SSSR count). The predicted octanol–water partition coefficient (Wildman–Crippen LogP) is 3.50. The van der Waals surface area contributed by atoms with Crippen LogP contribution in [0, 0.1) is 20.8 Å². The molecule has 0 radical (unpaired) electrons. The number of aliphatic hydroxyl groups is 1. The summed E-state index contributed by atoms with van der Waals surface area (Å²) in [7, 11) is 0. The van der Waals surface area contributed by atoms with Crippen molar-refractivity contribution in [2.75, 3.05) is 5.32 Å². The summed E-state index contributed by atoms with van der Waals surface area (Å²) in [4.78, 5) is 12.0. The summed E-state index contributed by atoms with van der Waals surface area (Å²) in [5, 5.41) is 20.4. The Bertz CT molecular complexity index is 975. The summed E-state index contributed by atoms with van der Waals surface area (Å²) >= 11 is 0. The first-order valence-electron chi connectivity index (χ1n) is 8.87. The van der Waals surface area contributed by atoms with E-state index in [-0.39, 0.29) is 12.4 Å². The summed E-state index contributed by atoms with van der Waals surface area (Å²) in [6.45, 7) is 8.21. The Morgan fingerprint density at radius 3 is 2.44 bits per heavy atom. The minimum atomic E-state index is -0.128. The molecule has 1 aromatic heterocycles. The van der Waals surface area contributed by atoms with Gasteiger partial charge in [-0.15, -0.1) is 5.10 Å². The summed E-state index contributed by atoms with van der Waals surface area (Å²) in [5.74, 6) is 0.102. The summed E-state index contributed by atoms with van der Waals surface area (Å²) < 4.78 is 1.63. The topological polar surface area (TPSA) is 80.0 Å². The van der Waals surface area contributed by atoms with Gasteiger partial charge in [0.05, 0.1) is 18.5 Å². The highest BCUT2D eigenvalue weighted by Crippen LogP contribution is 2.24. The van der Waals surface area contributed by atoms with Crippen molar-refractivity contribution < 1.29 is 9.90 Å². The van der Waals surface area contributed by atoms with Gasteiger partial charge in [0.25, 0.3) is 0 Å². The average Bonchev–Trinajstić information content (AvgIpc) is 3.10. The number of anilines is 1. The van der Waals surface area contributed by atoms with Gasteiger partial charge in [0.15, 0.2) is 5.78 Å². The van der Waals surface area contributed by atoms with Crippen LogP contribution in [0.4, 0.5) is 5.69 Å². The minimum Gasteiger partial charge on any atom is -0.390 e. The van der Waals surface area contributed by atoms with Crippen LogP contribution in [-0.4, -0.2) is 25.9 Å². The largest absolute Gasteiger partial charge is 0.390 e. The molecule has 0 aliphatic rings. The standard InChI is InChI=1S/C21H24N4O2/c1-13-9-14(2)21(16(4)27)15(3)20(13)10-22-17-5-7-19(8-6-17)25-11-18(12-26)23-24-25/h5-9,11,22,26H,10,12H2,1-4H3. The molecule has 0 aliphatic carbocycles. The Morgan fingerprint density at radius 1 is 1.15 bits per heavy atom. The van der Waals surface area contributed by atoms with Gasteiger partial charge in [0.1, 0.15) is 5.69 Å². The van der Waals surface area contributed by atoms with Crippen LogP contribution in [0.3, 0.4) is 0 Å². The third-order valence-electron chi connectivity index (χ3n) is 4.79. The number of ketones is 1. The quantitative estimate of drug-likeness (QED) is 0.655. The molecule has 0 unspecified atom stereocenters. The fourth-order valence-corrected chi connectivity index (χ4v) is 3.46. The van der Waals surface area contributed by atoms with Crippen LogP contribution in [0.15, 0.2) is 36.5 Å². The van der Waals surface area contributed by atoms with Gasteiger partial charge in [-0.25, -0.2) is 4.68 Å². The smallest absolute Gasteiger partial charge is 0.160 e. The van der Waals surface area contributed by atoms with E-state index in [1.165, 1.54) is 5.56 Å². The lowest BCUT2D eigenvalue weighted by molar-refractivity contribution is 0.101. The number of aromatic nitrogens is 3. The van der Waals surface area contributed by atoms with Crippen LogP contribution >= 0.6 is 0 Å². The highest BCUT2D eigenvalue weighted by atomic mass is 16.3. The molecule has 0 bridgehead atoms. The number of Topliss-reactive ketones (excluding diaryl/α,β-unsaturated/α-hetero) is 1. The van der Waals surface area contributed by atoms with E-state index in [1.54, 1.807) is 17.8 Å². The van der Waals surface area contributed by atoms with Gasteiger partial charge in [0.2, 0.25) is 0 Å². The number of rotatable bonds is 6. The SMILES string of the molecule is CC(=O)c1c(C)cc(C)c(CNc2ccc(-n3cc(CO)nn3)cc2)c1C. The van der Waals surface area contributed by atoms with Gasteiger partial charge in [0, 0.05) is 17.8 Å². The molecule has 27 heavy (non-hydrogen) atoms. The fraction of sp³-hybridized carbons (Fsp3) is 0.286. The lowest BCUT2D eigenvalue weighted by atomic mass is 9.91. The van der Waals surface area contributed by atoms with Gasteiger partial charge >= 0.3 is 0 Å². The van der Waals surface area contributed by atoms with Crippen LogP contribution in [0.1, 0.15) is 45.2 Å². The third kappa shape index (κ3) is 3.90. The van der Waals surface area contributed by atoms with Crippen molar-refractivity contribution in [1.82, 2.24) is 15.0 Å². The number of benzene rings is 2. The molecule has 140 valence electrons. The van der Waals surface area contributed by atoms with Crippen molar-refractivity contribution >= 4 is 11.5 Å². The Kier molecular flexibility index (Phi) is 5.37. The fourth-order valence-electron chi connectivity index (χ4n) is 3.46. The zero-order chi connectivity index (χ0) is 19.6. The van der Waals surface area contributed by atoms with Crippen LogP contribution in [0.2, 0.25) is 0 Å². The maximum atomic E-state index is 12.0. The molecule has 1 heterocycles. The van der Waals surface area contributed by atoms with E-state index >= 15 is 0 Å². The molecule has 0 saturated heterocycles. The van der Waals surface area contributed by atoms with E-state index in [9.17, 15) is 4.79 Å². The lowest BCUT2D eigenvalue weighted by Crippen LogP contribution is -2.09. The Balaban J connectivity index is 1.77. The molecule has 0 aliphatic heterocycles. The van der Waals surface area contributed by atoms with Crippen LogP contribution in [0.5, 0.6) is 0 Å². The molecular weight excluding hydrogens is 340 g/mol. The summed E-state index contributed by atoms with van der Waals surface area (Å²) in [5.41, 5.74) is 7.60. The van der Waals surface area contributed by atoms with Gasteiger partial charge in [-0.3, -0.25) is 4.79 Å². The zero-order valence-electron chi connectivity index (χ0n) is 16.1. The molecule has 0 amide bonds. The van der Waals surface area contributed by atoms with Crippen LogP contribution in [-0.2, 0) is 13.2 Å².